The fraction of sp³-hybridized carbons (Fsp3) is 0.605. The molecule has 0 N–H and O–H groups in total. The number of allylic oxidation sites excluding steroid dienone is 2. The Morgan fingerprint density at radius 3 is 1.23 bits per heavy atom. The average molecular weight is 1420 g/mol. The second-order valence-electron chi connectivity index (χ2n) is 31.7. The van der Waals surface area contributed by atoms with Crippen LogP contribution in [0.3, 0.4) is 0 Å². The maximum Gasteiger partial charge on any atom is 0.314 e. The SMILES string of the molecule is CCCCCCCCCCc1cc(C)oc1-c1cc2sc(-c3oc(-c4ccc5c(c4)N(CCCCC[Si](C)(O[Si](C)(C)C)O[Si](C)(C)C)/C(=C4\C(=O)c6ccc(C)cc6N4CCCCC[Si](C)(O[Si](C)(C)C)O[Si](C)(C)C)C5=O)cc3CCCCCCCCCC)cc2s1. The van der Waals surface area contributed by atoms with Crippen LogP contribution in [0.2, 0.25) is 104 Å². The molecule has 0 radical (unpaired) electrons. The van der Waals surface area contributed by atoms with Crippen LogP contribution in [0.15, 0.2) is 80.9 Å². The lowest BCUT2D eigenvalue weighted by Gasteiger charge is -2.38. The minimum atomic E-state index is -2.47. The zero-order valence-electron chi connectivity index (χ0n) is 61.5. The van der Waals surface area contributed by atoms with Gasteiger partial charge >= 0.3 is 17.1 Å². The van der Waals surface area contributed by atoms with Gasteiger partial charge in [0.05, 0.1) is 21.1 Å². The van der Waals surface area contributed by atoms with Gasteiger partial charge in [-0.05, 0) is 221 Å². The van der Waals surface area contributed by atoms with Gasteiger partial charge in [0.15, 0.2) is 33.3 Å². The zero-order chi connectivity index (χ0) is 68.2. The van der Waals surface area contributed by atoms with E-state index < -0.39 is 50.4 Å². The number of fused-ring (bicyclic) bond motifs is 3. The third kappa shape index (κ3) is 21.7. The Kier molecular flexibility index (Phi) is 27.2. The molecule has 0 unspecified atom stereocenters. The fourth-order valence-electron chi connectivity index (χ4n) is 14.3. The highest BCUT2D eigenvalue weighted by molar-refractivity contribution is 7.31. The highest BCUT2D eigenvalue weighted by Gasteiger charge is 2.45. The average Bonchev–Trinajstić information content (AvgIpc) is 1.58. The third-order valence-electron chi connectivity index (χ3n) is 17.8. The van der Waals surface area contributed by atoms with Crippen molar-refractivity contribution in [2.45, 2.75) is 286 Å². The molecule has 6 heterocycles. The number of hydrogen-bond acceptors (Lipinski definition) is 12. The van der Waals surface area contributed by atoms with Crippen molar-refractivity contribution in [3.63, 3.8) is 0 Å². The number of hydrogen-bond donors (Lipinski definition) is 0. The smallest absolute Gasteiger partial charge is 0.314 e. The summed E-state index contributed by atoms with van der Waals surface area (Å²) in [4.78, 5) is 37.7. The number of thiophene rings is 2. The molecule has 4 aromatic heterocycles. The molecule has 0 atom stereocenters. The quantitative estimate of drug-likeness (QED) is 0.0209. The molecule has 2 aliphatic heterocycles. The van der Waals surface area contributed by atoms with Gasteiger partial charge in [-0.1, -0.05) is 142 Å². The van der Waals surface area contributed by atoms with Crippen LogP contribution < -0.4 is 9.80 Å². The topological polar surface area (TPSA) is 104 Å². The Bertz CT molecular complexity index is 3430. The standard InChI is InChI=1S/C76H120N2O8S2Si6/c1-19-21-23-25-27-29-31-35-41-60-52-58(4)81-75(60)69-55-67-68(87-69)56-70(88-67)76-61(42-36-32-30-28-26-24-22-20-2)54-66(82-76)59-44-46-63-65(53-59)78(48-38-34-40-50-94(18,85-91(11,12)13)86-92(14,15)16)72(74(63)80)71-73(79)62-45-43-57(3)51-64(62)77(71)47-37-33-39-49-93(17,83-89(5,6)7)84-90(8,9)10/h43-46,51-56H,19-42,47-50H2,1-18H3/b72-71+. The second kappa shape index (κ2) is 33.6. The number of unbranched alkanes of at least 4 members (excludes halogenated alkanes) is 18. The first kappa shape index (κ1) is 76.2. The molecule has 8 rings (SSSR count). The number of nitrogens with zero attached hydrogens (tertiary/aromatic N) is 2. The van der Waals surface area contributed by atoms with E-state index in [-0.39, 0.29) is 11.6 Å². The second-order valence-corrected chi connectivity index (χ2v) is 59.6. The van der Waals surface area contributed by atoms with E-state index in [1.165, 1.54) is 122 Å². The molecule has 518 valence electrons. The normalized spacial score (nSPS) is 15.1. The van der Waals surface area contributed by atoms with Crippen LogP contribution in [-0.2, 0) is 29.3 Å². The first-order valence-electron chi connectivity index (χ1n) is 36.6. The molecule has 2 aliphatic rings. The number of carbonyl (C=O) groups excluding carboxylic acids is 2. The maximum atomic E-state index is 15.6. The molecule has 94 heavy (non-hydrogen) atoms. The Labute approximate surface area is 582 Å². The van der Waals surface area contributed by atoms with E-state index in [1.807, 2.05) is 40.9 Å². The lowest BCUT2D eigenvalue weighted by molar-refractivity contribution is 0.100. The summed E-state index contributed by atoms with van der Waals surface area (Å²) >= 11 is 3.64. The van der Waals surface area contributed by atoms with Crippen molar-refractivity contribution >= 4 is 105 Å². The molecule has 2 aromatic carbocycles. The number of ketones is 2. The van der Waals surface area contributed by atoms with Crippen LogP contribution in [0, 0.1) is 13.8 Å². The Morgan fingerprint density at radius 1 is 0.415 bits per heavy atom. The highest BCUT2D eigenvalue weighted by Crippen LogP contribution is 2.48. The van der Waals surface area contributed by atoms with Crippen LogP contribution in [0.5, 0.6) is 0 Å². The van der Waals surface area contributed by atoms with E-state index in [2.05, 4.69) is 172 Å². The van der Waals surface area contributed by atoms with Crippen molar-refractivity contribution in [2.75, 3.05) is 22.9 Å². The summed E-state index contributed by atoms with van der Waals surface area (Å²) in [6, 6.07) is 23.5. The van der Waals surface area contributed by atoms with E-state index in [4.69, 9.17) is 25.3 Å². The lowest BCUT2D eigenvalue weighted by atomic mass is 10.0. The van der Waals surface area contributed by atoms with E-state index in [1.54, 1.807) is 0 Å². The summed E-state index contributed by atoms with van der Waals surface area (Å²) in [5.41, 5.74) is 8.56. The molecular weight excluding hydrogens is 1300 g/mol. The van der Waals surface area contributed by atoms with Gasteiger partial charge in [-0.2, -0.15) is 0 Å². The summed E-state index contributed by atoms with van der Waals surface area (Å²) in [6.07, 6.45) is 27.9. The maximum absolute atomic E-state index is 15.6. The number of furan rings is 2. The highest BCUT2D eigenvalue weighted by atomic mass is 32.1. The van der Waals surface area contributed by atoms with Gasteiger partial charge in [-0.3, -0.25) is 9.59 Å². The molecule has 0 saturated carbocycles. The van der Waals surface area contributed by atoms with Gasteiger partial charge < -0.3 is 35.1 Å². The van der Waals surface area contributed by atoms with Crippen LogP contribution >= 0.6 is 22.7 Å². The molecule has 0 saturated heterocycles. The zero-order valence-corrected chi connectivity index (χ0v) is 69.2. The minimum absolute atomic E-state index is 0.0834. The number of benzene rings is 2. The van der Waals surface area contributed by atoms with Crippen molar-refractivity contribution in [1.82, 2.24) is 0 Å². The summed E-state index contributed by atoms with van der Waals surface area (Å²) < 4.78 is 44.0. The predicted octanol–water partition coefficient (Wildman–Crippen LogP) is 24.9. The van der Waals surface area contributed by atoms with E-state index in [0.717, 1.165) is 120 Å². The third-order valence-corrected chi connectivity index (χ3v) is 39.3. The van der Waals surface area contributed by atoms with Crippen molar-refractivity contribution < 1.29 is 34.9 Å². The van der Waals surface area contributed by atoms with Gasteiger partial charge in [0.25, 0.3) is 0 Å². The van der Waals surface area contributed by atoms with E-state index in [0.29, 0.717) is 35.6 Å². The van der Waals surface area contributed by atoms with Crippen molar-refractivity contribution in [3.05, 3.63) is 106 Å². The van der Waals surface area contributed by atoms with Crippen molar-refractivity contribution in [1.29, 1.82) is 0 Å². The van der Waals surface area contributed by atoms with Gasteiger partial charge in [-0.25, -0.2) is 0 Å². The molecule has 18 heteroatoms. The largest absolute Gasteiger partial charge is 0.460 e. The van der Waals surface area contributed by atoms with Crippen molar-refractivity contribution in [2.24, 2.45) is 0 Å². The molecular formula is C76H120N2O8S2Si6. The Hall–Kier alpha value is -3.52. The minimum Gasteiger partial charge on any atom is -0.460 e. The monoisotopic (exact) mass is 1420 g/mol. The molecule has 0 aliphatic carbocycles. The van der Waals surface area contributed by atoms with Crippen LogP contribution in [-0.4, -0.2) is 75.0 Å². The van der Waals surface area contributed by atoms with Crippen LogP contribution in [0.4, 0.5) is 11.4 Å². The first-order valence-corrected chi connectivity index (χ1v) is 56.9. The number of aryl methyl sites for hydroxylation is 4. The summed E-state index contributed by atoms with van der Waals surface area (Å²) in [5.74, 6) is 3.58. The fourth-order valence-corrected chi connectivity index (χ4v) is 42.0. The molecule has 0 bridgehead atoms. The van der Waals surface area contributed by atoms with Crippen LogP contribution in [0.1, 0.15) is 198 Å². The van der Waals surface area contributed by atoms with Crippen molar-refractivity contribution in [3.8, 4) is 32.6 Å². The summed E-state index contributed by atoms with van der Waals surface area (Å²) in [5, 5.41) is 0. The number of Topliss-reactive ketones (excluding diaryl/α,β-unsaturated/α-hetero) is 2. The van der Waals surface area contributed by atoms with Gasteiger partial charge in [-0.15, -0.1) is 22.7 Å². The number of rotatable bonds is 41. The molecule has 0 fully saturated rings. The molecule has 0 amide bonds. The molecule has 10 nitrogen and oxygen atoms in total. The lowest BCUT2D eigenvalue weighted by Crippen LogP contribution is -2.52. The van der Waals surface area contributed by atoms with Crippen LogP contribution in [0.25, 0.3) is 42.0 Å². The number of anilines is 2. The van der Waals surface area contributed by atoms with E-state index >= 15 is 9.59 Å². The molecule has 6 aromatic rings. The first-order chi connectivity index (χ1) is 44.4. The summed E-state index contributed by atoms with van der Waals surface area (Å²) in [6.45, 7) is 41.7. The number of carbonyl (C=O) groups is 2. The Balaban J connectivity index is 1.12. The Morgan fingerprint density at radius 2 is 0.798 bits per heavy atom. The van der Waals surface area contributed by atoms with E-state index in [9.17, 15) is 0 Å². The van der Waals surface area contributed by atoms with Gasteiger partial charge in [0.2, 0.25) is 11.6 Å². The predicted molar refractivity (Wildman–Crippen MR) is 418 cm³/mol. The summed E-state index contributed by atoms with van der Waals surface area (Å²) in [7, 11) is -12.4. The molecule has 0 spiro atoms. The van der Waals surface area contributed by atoms with Gasteiger partial charge in [0.1, 0.15) is 34.4 Å². The van der Waals surface area contributed by atoms with Gasteiger partial charge in [0, 0.05) is 39.2 Å².